The van der Waals surface area contributed by atoms with E-state index in [2.05, 4.69) is 9.72 Å². The Bertz CT molecular complexity index is 716. The molecule has 0 radical (unpaired) electrons. The number of ketones is 1. The number of rotatable bonds is 3. The topological polar surface area (TPSA) is 59.4 Å². The summed E-state index contributed by atoms with van der Waals surface area (Å²) in [4.78, 5) is 15.2. The van der Waals surface area contributed by atoms with E-state index in [4.69, 9.17) is 11.6 Å². The molecule has 21 heavy (non-hydrogen) atoms. The molecule has 112 valence electrons. The van der Waals surface area contributed by atoms with E-state index in [1.165, 1.54) is 25.1 Å². The van der Waals surface area contributed by atoms with Crippen LogP contribution in [-0.2, 0) is 0 Å². The van der Waals surface area contributed by atoms with Gasteiger partial charge in [0.15, 0.2) is 18.1 Å². The summed E-state index contributed by atoms with van der Waals surface area (Å²) < 4.78 is 41.5. The number of fused-ring (bicyclic) bond motifs is 1. The molecule has 0 aliphatic heterocycles. The standard InChI is InChI=1S/C13H9ClF3NO3/c1-6(19)10-9(20)4-7-2-3-8(14)12(11(7)18-10)21-5-13(15,16)17/h2-4,20H,5H2,1H3. The number of carbonyl (C=O) groups is 1. The molecule has 0 unspecified atom stereocenters. The van der Waals surface area contributed by atoms with E-state index < -0.39 is 18.6 Å². The number of alkyl halides is 3. The van der Waals surface area contributed by atoms with E-state index in [-0.39, 0.29) is 27.7 Å². The van der Waals surface area contributed by atoms with Gasteiger partial charge in [-0.2, -0.15) is 13.2 Å². The second-order valence-corrected chi connectivity index (χ2v) is 4.67. The number of pyridine rings is 1. The number of hydrogen-bond donors (Lipinski definition) is 1. The van der Waals surface area contributed by atoms with E-state index in [0.29, 0.717) is 5.39 Å². The zero-order valence-corrected chi connectivity index (χ0v) is 11.4. The van der Waals surface area contributed by atoms with Crippen molar-refractivity contribution in [1.82, 2.24) is 4.98 Å². The van der Waals surface area contributed by atoms with Gasteiger partial charge in [-0.15, -0.1) is 0 Å². The number of benzene rings is 1. The van der Waals surface area contributed by atoms with Gasteiger partial charge in [-0.05, 0) is 12.1 Å². The summed E-state index contributed by atoms with van der Waals surface area (Å²) in [6.07, 6.45) is -4.54. The summed E-state index contributed by atoms with van der Waals surface area (Å²) >= 11 is 5.82. The SMILES string of the molecule is CC(=O)c1nc2c(OCC(F)(F)F)c(Cl)ccc2cc1O. The first kappa shape index (κ1) is 15.4. The van der Waals surface area contributed by atoms with Crippen LogP contribution in [0.5, 0.6) is 11.5 Å². The number of aromatic nitrogens is 1. The van der Waals surface area contributed by atoms with E-state index in [0.717, 1.165) is 0 Å². The molecule has 1 aromatic heterocycles. The molecule has 0 saturated heterocycles. The lowest BCUT2D eigenvalue weighted by Crippen LogP contribution is -2.19. The third-order valence-electron chi connectivity index (χ3n) is 2.59. The molecule has 0 atom stereocenters. The summed E-state index contributed by atoms with van der Waals surface area (Å²) in [6.45, 7) is -0.363. The first-order valence-electron chi connectivity index (χ1n) is 5.72. The minimum atomic E-state index is -4.54. The highest BCUT2D eigenvalue weighted by Crippen LogP contribution is 2.35. The Hall–Kier alpha value is -2.02. The Morgan fingerprint density at radius 3 is 2.67 bits per heavy atom. The van der Waals surface area contributed by atoms with E-state index in [1.807, 2.05) is 0 Å². The monoisotopic (exact) mass is 319 g/mol. The minimum absolute atomic E-state index is 0.0187. The maximum absolute atomic E-state index is 12.3. The lowest BCUT2D eigenvalue weighted by atomic mass is 10.1. The molecule has 0 saturated carbocycles. The lowest BCUT2D eigenvalue weighted by Gasteiger charge is -2.13. The van der Waals surface area contributed by atoms with Gasteiger partial charge in [-0.25, -0.2) is 4.98 Å². The van der Waals surface area contributed by atoms with Gasteiger partial charge in [-0.3, -0.25) is 4.79 Å². The summed E-state index contributed by atoms with van der Waals surface area (Å²) in [5, 5.41) is 9.90. The molecule has 0 aliphatic carbocycles. The van der Waals surface area contributed by atoms with Gasteiger partial charge in [0.2, 0.25) is 0 Å². The van der Waals surface area contributed by atoms with Gasteiger partial charge in [0.1, 0.15) is 17.0 Å². The Kier molecular flexibility index (Phi) is 3.95. The molecule has 8 heteroatoms. The molecule has 0 aliphatic rings. The number of Topliss-reactive ketones (excluding diaryl/α,β-unsaturated/α-hetero) is 1. The van der Waals surface area contributed by atoms with Crippen LogP contribution in [0.4, 0.5) is 13.2 Å². The van der Waals surface area contributed by atoms with Crippen molar-refractivity contribution in [2.24, 2.45) is 0 Å². The zero-order valence-electron chi connectivity index (χ0n) is 10.7. The Morgan fingerprint density at radius 2 is 2.10 bits per heavy atom. The van der Waals surface area contributed by atoms with Crippen LogP contribution in [0.2, 0.25) is 5.02 Å². The van der Waals surface area contributed by atoms with Crippen molar-refractivity contribution < 1.29 is 27.8 Å². The number of ether oxygens (including phenoxy) is 1. The lowest BCUT2D eigenvalue weighted by molar-refractivity contribution is -0.153. The van der Waals surface area contributed by atoms with Crippen molar-refractivity contribution >= 4 is 28.3 Å². The zero-order chi connectivity index (χ0) is 15.8. The first-order chi connectivity index (χ1) is 9.69. The van der Waals surface area contributed by atoms with Gasteiger partial charge in [0.05, 0.1) is 5.02 Å². The van der Waals surface area contributed by atoms with E-state index in [1.54, 1.807) is 0 Å². The van der Waals surface area contributed by atoms with Gasteiger partial charge >= 0.3 is 6.18 Å². The van der Waals surface area contributed by atoms with Crippen molar-refractivity contribution in [1.29, 1.82) is 0 Å². The number of carbonyl (C=O) groups excluding carboxylic acids is 1. The smallest absolute Gasteiger partial charge is 0.422 e. The number of halogens is 4. The molecule has 0 fully saturated rings. The number of aromatic hydroxyl groups is 1. The number of hydrogen-bond acceptors (Lipinski definition) is 4. The average Bonchev–Trinajstić information content (AvgIpc) is 2.35. The van der Waals surface area contributed by atoms with Crippen molar-refractivity contribution in [3.05, 3.63) is 28.9 Å². The summed E-state index contributed by atoms with van der Waals surface area (Å²) in [5.41, 5.74) is -0.281. The van der Waals surface area contributed by atoms with Crippen LogP contribution in [0, 0.1) is 0 Å². The predicted octanol–water partition coefficient (Wildman–Crippen LogP) is 3.74. The third-order valence-corrected chi connectivity index (χ3v) is 2.88. The maximum atomic E-state index is 12.3. The van der Waals surface area contributed by atoms with E-state index >= 15 is 0 Å². The predicted molar refractivity (Wildman–Crippen MR) is 70.0 cm³/mol. The van der Waals surface area contributed by atoms with E-state index in [9.17, 15) is 23.1 Å². The molecular formula is C13H9ClF3NO3. The van der Waals surface area contributed by atoms with Crippen molar-refractivity contribution in [2.45, 2.75) is 13.1 Å². The Balaban J connectivity index is 2.59. The van der Waals surface area contributed by atoms with Crippen LogP contribution in [0.25, 0.3) is 10.9 Å². The van der Waals surface area contributed by atoms with Crippen LogP contribution < -0.4 is 4.74 Å². The summed E-state index contributed by atoms with van der Waals surface area (Å²) in [6, 6.07) is 3.99. The van der Waals surface area contributed by atoms with Crippen molar-refractivity contribution in [3.63, 3.8) is 0 Å². The van der Waals surface area contributed by atoms with Gasteiger partial charge in [0.25, 0.3) is 0 Å². The van der Waals surface area contributed by atoms with Gasteiger partial charge in [0, 0.05) is 12.3 Å². The second kappa shape index (κ2) is 5.40. The van der Waals surface area contributed by atoms with Crippen LogP contribution in [0.1, 0.15) is 17.4 Å². The third kappa shape index (κ3) is 3.36. The van der Waals surface area contributed by atoms with Crippen molar-refractivity contribution in [3.8, 4) is 11.5 Å². The van der Waals surface area contributed by atoms with Gasteiger partial charge < -0.3 is 9.84 Å². The Labute approximate surface area is 122 Å². The average molecular weight is 320 g/mol. The molecule has 4 nitrogen and oxygen atoms in total. The maximum Gasteiger partial charge on any atom is 0.422 e. The highest BCUT2D eigenvalue weighted by atomic mass is 35.5. The van der Waals surface area contributed by atoms with Crippen LogP contribution in [-0.4, -0.2) is 28.7 Å². The largest absolute Gasteiger partial charge is 0.506 e. The van der Waals surface area contributed by atoms with Crippen molar-refractivity contribution in [2.75, 3.05) is 6.61 Å². The molecule has 2 aromatic rings. The minimum Gasteiger partial charge on any atom is -0.506 e. The fraction of sp³-hybridized carbons (Fsp3) is 0.231. The van der Waals surface area contributed by atoms with Crippen LogP contribution >= 0.6 is 11.6 Å². The fourth-order valence-corrected chi connectivity index (χ4v) is 1.94. The summed E-state index contributed by atoms with van der Waals surface area (Å²) in [7, 11) is 0. The first-order valence-corrected chi connectivity index (χ1v) is 6.09. The normalized spacial score (nSPS) is 11.7. The fourth-order valence-electron chi connectivity index (χ4n) is 1.73. The van der Waals surface area contributed by atoms with Crippen LogP contribution in [0.3, 0.4) is 0 Å². The molecule has 1 aromatic carbocycles. The second-order valence-electron chi connectivity index (χ2n) is 4.26. The molecule has 1 heterocycles. The molecule has 0 spiro atoms. The molecule has 2 rings (SSSR count). The highest BCUT2D eigenvalue weighted by molar-refractivity contribution is 6.33. The number of nitrogens with zero attached hydrogens (tertiary/aromatic N) is 1. The molecular weight excluding hydrogens is 311 g/mol. The molecule has 0 amide bonds. The summed E-state index contributed by atoms with van der Waals surface area (Å²) in [5.74, 6) is -1.18. The quantitative estimate of drug-likeness (QED) is 0.876. The van der Waals surface area contributed by atoms with Gasteiger partial charge in [-0.1, -0.05) is 17.7 Å². The highest BCUT2D eigenvalue weighted by Gasteiger charge is 2.29. The Morgan fingerprint density at radius 1 is 1.43 bits per heavy atom. The van der Waals surface area contributed by atoms with Crippen LogP contribution in [0.15, 0.2) is 18.2 Å². The molecule has 1 N–H and O–H groups in total. The molecule has 0 bridgehead atoms.